The van der Waals surface area contributed by atoms with E-state index in [2.05, 4.69) is 10.1 Å². The van der Waals surface area contributed by atoms with E-state index < -0.39 is 4.92 Å². The largest absolute Gasteiger partial charge is 0.327 e. The Morgan fingerprint density at radius 3 is 2.75 bits per heavy atom. The first-order valence-electron chi connectivity index (χ1n) is 6.65. The van der Waals surface area contributed by atoms with Crippen LogP contribution in [0.15, 0.2) is 6.07 Å². The van der Waals surface area contributed by atoms with Crippen LogP contribution >= 0.6 is 11.6 Å². The minimum absolute atomic E-state index is 0.0259. The molecular formula is C13H17ClN4O2. The predicted molar refractivity (Wildman–Crippen MR) is 77.2 cm³/mol. The lowest BCUT2D eigenvalue weighted by Gasteiger charge is -2.07. The van der Waals surface area contributed by atoms with Crippen LogP contribution in [0, 0.1) is 16.0 Å². The summed E-state index contributed by atoms with van der Waals surface area (Å²) >= 11 is 6.16. The topological polar surface area (TPSA) is 73.3 Å². The van der Waals surface area contributed by atoms with E-state index in [0.29, 0.717) is 17.8 Å². The van der Waals surface area contributed by atoms with Crippen LogP contribution in [0.5, 0.6) is 0 Å². The minimum Gasteiger partial charge on any atom is -0.258 e. The van der Waals surface area contributed by atoms with Gasteiger partial charge in [0.2, 0.25) is 5.15 Å². The quantitative estimate of drug-likeness (QED) is 0.481. The van der Waals surface area contributed by atoms with Crippen molar-refractivity contribution < 1.29 is 4.92 Å². The molecule has 0 N–H and O–H groups in total. The number of nitro groups is 1. The highest BCUT2D eigenvalue weighted by Gasteiger charge is 2.25. The summed E-state index contributed by atoms with van der Waals surface area (Å²) in [6, 6.07) is 1.84. The first-order chi connectivity index (χ1) is 9.43. The van der Waals surface area contributed by atoms with Crippen molar-refractivity contribution in [3.05, 3.63) is 32.7 Å². The molecule has 20 heavy (non-hydrogen) atoms. The SMILES string of the molecule is CCCc1cc2nc(CC(C)C)c([N+](=O)[O-])c(Cl)n2n1. The Morgan fingerprint density at radius 2 is 2.20 bits per heavy atom. The Bertz CT molecular complexity index is 651. The fraction of sp³-hybridized carbons (Fsp3) is 0.538. The van der Waals surface area contributed by atoms with Gasteiger partial charge < -0.3 is 0 Å². The lowest BCUT2D eigenvalue weighted by molar-refractivity contribution is -0.386. The van der Waals surface area contributed by atoms with Gasteiger partial charge in [0.15, 0.2) is 5.65 Å². The zero-order valence-electron chi connectivity index (χ0n) is 11.8. The number of hydrogen-bond acceptors (Lipinski definition) is 4. The molecule has 0 radical (unpaired) electrons. The Morgan fingerprint density at radius 1 is 1.50 bits per heavy atom. The number of fused-ring (bicyclic) bond motifs is 1. The molecule has 0 unspecified atom stereocenters. The summed E-state index contributed by atoms with van der Waals surface area (Å²) < 4.78 is 1.36. The van der Waals surface area contributed by atoms with Crippen molar-refractivity contribution in [3.63, 3.8) is 0 Å². The molecule has 0 aliphatic heterocycles. The molecule has 0 aromatic carbocycles. The molecule has 2 aromatic rings. The van der Waals surface area contributed by atoms with Gasteiger partial charge in [0.25, 0.3) is 0 Å². The van der Waals surface area contributed by atoms with Crippen molar-refractivity contribution >= 4 is 22.9 Å². The van der Waals surface area contributed by atoms with Crippen molar-refractivity contribution in [2.24, 2.45) is 5.92 Å². The van der Waals surface area contributed by atoms with Gasteiger partial charge in [0.1, 0.15) is 5.69 Å². The smallest absolute Gasteiger partial charge is 0.258 e. The van der Waals surface area contributed by atoms with Gasteiger partial charge in [-0.1, -0.05) is 38.8 Å². The van der Waals surface area contributed by atoms with Gasteiger partial charge in [0.05, 0.1) is 10.6 Å². The summed E-state index contributed by atoms with van der Waals surface area (Å²) in [6.45, 7) is 6.02. The van der Waals surface area contributed by atoms with E-state index in [1.165, 1.54) is 4.52 Å². The second kappa shape index (κ2) is 5.75. The second-order valence-corrected chi connectivity index (χ2v) is 5.57. The van der Waals surface area contributed by atoms with Gasteiger partial charge in [-0.15, -0.1) is 0 Å². The maximum absolute atomic E-state index is 11.2. The van der Waals surface area contributed by atoms with Crippen LogP contribution in [0.3, 0.4) is 0 Å². The summed E-state index contributed by atoms with van der Waals surface area (Å²) in [5.74, 6) is 0.262. The maximum atomic E-state index is 11.2. The molecule has 2 aromatic heterocycles. The third kappa shape index (κ3) is 2.75. The summed E-state index contributed by atoms with van der Waals surface area (Å²) in [6.07, 6.45) is 2.26. The molecule has 7 heteroatoms. The monoisotopic (exact) mass is 296 g/mol. The summed E-state index contributed by atoms with van der Waals surface area (Å²) in [5, 5.41) is 15.5. The zero-order valence-corrected chi connectivity index (χ0v) is 12.5. The lowest BCUT2D eigenvalue weighted by Crippen LogP contribution is -2.07. The van der Waals surface area contributed by atoms with Crippen molar-refractivity contribution in [2.75, 3.05) is 0 Å². The molecule has 108 valence electrons. The Hall–Kier alpha value is -1.69. The molecule has 0 aliphatic rings. The van der Waals surface area contributed by atoms with E-state index in [4.69, 9.17) is 11.6 Å². The Labute approximate surface area is 121 Å². The lowest BCUT2D eigenvalue weighted by atomic mass is 10.1. The van der Waals surface area contributed by atoms with Gasteiger partial charge in [-0.25, -0.2) is 4.98 Å². The number of aryl methyl sites for hydroxylation is 1. The number of rotatable bonds is 5. The molecular weight excluding hydrogens is 280 g/mol. The number of aromatic nitrogens is 3. The maximum Gasteiger partial charge on any atom is 0.327 e. The molecule has 0 spiro atoms. The molecule has 0 aliphatic carbocycles. The van der Waals surface area contributed by atoms with Gasteiger partial charge in [-0.2, -0.15) is 9.61 Å². The third-order valence-corrected chi connectivity index (χ3v) is 3.27. The fourth-order valence-corrected chi connectivity index (χ4v) is 2.44. The molecule has 2 heterocycles. The minimum atomic E-state index is -0.479. The molecule has 0 saturated heterocycles. The van der Waals surface area contributed by atoms with Crippen LogP contribution in [-0.2, 0) is 12.8 Å². The van der Waals surface area contributed by atoms with Crippen molar-refractivity contribution in [1.29, 1.82) is 0 Å². The highest BCUT2D eigenvalue weighted by Crippen LogP contribution is 2.30. The highest BCUT2D eigenvalue weighted by molar-refractivity contribution is 6.31. The Balaban J connectivity index is 2.65. The van der Waals surface area contributed by atoms with Gasteiger partial charge in [0, 0.05) is 6.07 Å². The van der Waals surface area contributed by atoms with Crippen molar-refractivity contribution in [3.8, 4) is 0 Å². The first-order valence-corrected chi connectivity index (χ1v) is 7.03. The molecule has 6 nitrogen and oxygen atoms in total. The second-order valence-electron chi connectivity index (χ2n) is 5.21. The van der Waals surface area contributed by atoms with E-state index in [-0.39, 0.29) is 16.8 Å². The van der Waals surface area contributed by atoms with Crippen LogP contribution in [0.25, 0.3) is 5.65 Å². The Kier molecular flexibility index (Phi) is 4.23. The molecule has 0 saturated carbocycles. The van der Waals surface area contributed by atoms with Crippen LogP contribution in [-0.4, -0.2) is 19.5 Å². The molecule has 2 rings (SSSR count). The molecule has 0 amide bonds. The first kappa shape index (κ1) is 14.7. The normalized spacial score (nSPS) is 11.4. The fourth-order valence-electron chi connectivity index (χ4n) is 2.14. The molecule has 0 fully saturated rings. The highest BCUT2D eigenvalue weighted by atomic mass is 35.5. The van der Waals surface area contributed by atoms with Crippen molar-refractivity contribution in [2.45, 2.75) is 40.0 Å². The summed E-state index contributed by atoms with van der Waals surface area (Å²) in [4.78, 5) is 15.1. The third-order valence-electron chi connectivity index (χ3n) is 2.94. The predicted octanol–water partition coefficient (Wildman–Crippen LogP) is 3.44. The average Bonchev–Trinajstić information content (AvgIpc) is 2.71. The average molecular weight is 297 g/mol. The van der Waals surface area contributed by atoms with Crippen molar-refractivity contribution in [1.82, 2.24) is 14.6 Å². The number of nitrogens with zero attached hydrogens (tertiary/aromatic N) is 4. The number of halogens is 1. The van der Waals surface area contributed by atoms with E-state index in [1.807, 2.05) is 26.8 Å². The van der Waals surface area contributed by atoms with Gasteiger partial charge in [-0.3, -0.25) is 10.1 Å². The van der Waals surface area contributed by atoms with Crippen LogP contribution in [0.4, 0.5) is 5.69 Å². The van der Waals surface area contributed by atoms with E-state index in [0.717, 1.165) is 18.5 Å². The van der Waals surface area contributed by atoms with E-state index >= 15 is 0 Å². The van der Waals surface area contributed by atoms with E-state index in [1.54, 1.807) is 0 Å². The molecule has 0 atom stereocenters. The van der Waals surface area contributed by atoms with Gasteiger partial charge >= 0.3 is 5.69 Å². The number of hydrogen-bond donors (Lipinski definition) is 0. The summed E-state index contributed by atoms with van der Waals surface area (Å²) in [7, 11) is 0. The molecule has 0 bridgehead atoms. The summed E-state index contributed by atoms with van der Waals surface area (Å²) in [5.41, 5.74) is 1.70. The van der Waals surface area contributed by atoms with Crippen LogP contribution < -0.4 is 0 Å². The standard InChI is InChI=1S/C13H17ClN4O2/c1-4-5-9-7-11-15-10(6-8(2)3)12(18(19)20)13(14)17(11)16-9/h7-8H,4-6H2,1-3H3. The zero-order chi connectivity index (χ0) is 14.9. The van der Waals surface area contributed by atoms with Crippen LogP contribution in [0.2, 0.25) is 5.15 Å². The van der Waals surface area contributed by atoms with Gasteiger partial charge in [-0.05, 0) is 18.8 Å². The van der Waals surface area contributed by atoms with Crippen LogP contribution in [0.1, 0.15) is 38.6 Å². The van der Waals surface area contributed by atoms with E-state index in [9.17, 15) is 10.1 Å².